The molecule has 3 heteroatoms. The van der Waals surface area contributed by atoms with Gasteiger partial charge in [0.25, 0.3) is 0 Å². The van der Waals surface area contributed by atoms with Crippen molar-refractivity contribution in [3.05, 3.63) is 15.0 Å². The summed E-state index contributed by atoms with van der Waals surface area (Å²) in [6.07, 6.45) is 10.3. The van der Waals surface area contributed by atoms with Crippen molar-refractivity contribution >= 4 is 22.6 Å². The molecule has 1 N–H and O–H groups in total. The Morgan fingerprint density at radius 1 is 1.17 bits per heavy atom. The molecule has 0 aromatic carbocycles. The van der Waals surface area contributed by atoms with Crippen LogP contribution in [0.2, 0.25) is 0 Å². The van der Waals surface area contributed by atoms with E-state index in [-0.39, 0.29) is 0 Å². The molecule has 4 fully saturated rings. The molecule has 2 nitrogen and oxygen atoms in total. The van der Waals surface area contributed by atoms with Crippen LogP contribution < -0.4 is 0 Å². The molecular weight excluding hydrogens is 335 g/mol. The smallest absolute Gasteiger partial charge is 0.0763 e. The number of aryl methyl sites for hydroxylation is 1. The largest absolute Gasteiger partial charge is 0.281 e. The number of hydrogen-bond donors (Lipinski definition) is 1. The van der Waals surface area contributed by atoms with E-state index >= 15 is 0 Å². The van der Waals surface area contributed by atoms with E-state index in [2.05, 4.69) is 39.7 Å². The molecule has 1 aromatic heterocycles. The molecule has 18 heavy (non-hydrogen) atoms. The van der Waals surface area contributed by atoms with Crippen LogP contribution in [0, 0.1) is 33.7 Å². The zero-order valence-electron chi connectivity index (χ0n) is 11.0. The Kier molecular flexibility index (Phi) is 2.59. The molecule has 0 unspecified atom stereocenters. The van der Waals surface area contributed by atoms with Crippen LogP contribution in [0.1, 0.15) is 49.9 Å². The second kappa shape index (κ2) is 3.97. The van der Waals surface area contributed by atoms with Crippen LogP contribution >= 0.6 is 22.6 Å². The molecule has 5 rings (SSSR count). The zero-order chi connectivity index (χ0) is 12.3. The minimum atomic E-state index is 0.621. The van der Waals surface area contributed by atoms with Crippen LogP contribution in [0.15, 0.2) is 0 Å². The number of aromatic amines is 1. The van der Waals surface area contributed by atoms with Crippen LogP contribution in [0.5, 0.6) is 0 Å². The number of nitrogens with zero attached hydrogens (tertiary/aromatic N) is 1. The molecule has 0 amide bonds. The Balaban J connectivity index is 1.62. The number of H-pyrrole nitrogens is 1. The van der Waals surface area contributed by atoms with Crippen LogP contribution in [0.25, 0.3) is 0 Å². The van der Waals surface area contributed by atoms with Gasteiger partial charge in [-0.3, -0.25) is 5.10 Å². The summed E-state index contributed by atoms with van der Waals surface area (Å²) in [6, 6.07) is 0. The summed E-state index contributed by atoms with van der Waals surface area (Å²) in [5.74, 6) is 3.15. The first-order chi connectivity index (χ1) is 8.63. The molecule has 0 aliphatic heterocycles. The van der Waals surface area contributed by atoms with Crippen LogP contribution in [0.3, 0.4) is 0 Å². The number of rotatable bonds is 2. The first kappa shape index (κ1) is 11.7. The third-order valence-corrected chi connectivity index (χ3v) is 7.08. The summed E-state index contributed by atoms with van der Waals surface area (Å²) in [4.78, 5) is 0. The molecule has 0 saturated heterocycles. The summed E-state index contributed by atoms with van der Waals surface area (Å²) < 4.78 is 1.38. The van der Waals surface area contributed by atoms with Gasteiger partial charge in [-0.15, -0.1) is 0 Å². The predicted molar refractivity (Wildman–Crippen MR) is 80.4 cm³/mol. The molecule has 1 aromatic rings. The van der Waals surface area contributed by atoms with Gasteiger partial charge in [-0.05, 0) is 97.6 Å². The van der Waals surface area contributed by atoms with Crippen LogP contribution in [-0.4, -0.2) is 10.2 Å². The van der Waals surface area contributed by atoms with Crippen molar-refractivity contribution in [2.45, 2.75) is 51.9 Å². The molecule has 98 valence electrons. The molecule has 4 aliphatic carbocycles. The van der Waals surface area contributed by atoms with E-state index in [4.69, 9.17) is 0 Å². The van der Waals surface area contributed by atoms with Gasteiger partial charge in [0.15, 0.2) is 0 Å². The Morgan fingerprint density at radius 2 is 1.72 bits per heavy atom. The quantitative estimate of drug-likeness (QED) is 0.795. The average molecular weight is 356 g/mol. The maximum atomic E-state index is 4.56. The van der Waals surface area contributed by atoms with Gasteiger partial charge < -0.3 is 0 Å². The number of nitrogens with one attached hydrogen (secondary N) is 1. The fourth-order valence-corrected chi connectivity index (χ4v) is 5.88. The van der Waals surface area contributed by atoms with Gasteiger partial charge in [-0.2, -0.15) is 5.10 Å². The highest BCUT2D eigenvalue weighted by molar-refractivity contribution is 14.1. The van der Waals surface area contributed by atoms with Crippen molar-refractivity contribution in [2.24, 2.45) is 23.2 Å². The third-order valence-electron chi connectivity index (χ3n) is 5.65. The fourth-order valence-electron chi connectivity index (χ4n) is 5.44. The third kappa shape index (κ3) is 1.76. The van der Waals surface area contributed by atoms with Crippen molar-refractivity contribution in [1.82, 2.24) is 10.2 Å². The molecule has 4 aliphatic rings. The van der Waals surface area contributed by atoms with Crippen molar-refractivity contribution < 1.29 is 0 Å². The van der Waals surface area contributed by atoms with Gasteiger partial charge in [-0.1, -0.05) is 0 Å². The Labute approximate surface area is 122 Å². The highest BCUT2D eigenvalue weighted by Gasteiger charge is 2.51. The SMILES string of the molecule is Cc1[nH]nc(CC23CC4CC(CC(C4)C2)C3)c1I. The highest BCUT2D eigenvalue weighted by atomic mass is 127. The Bertz CT molecular complexity index is 442. The van der Waals surface area contributed by atoms with Crippen molar-refractivity contribution in [1.29, 1.82) is 0 Å². The lowest BCUT2D eigenvalue weighted by atomic mass is 9.48. The standard InChI is InChI=1S/C15H21IN2/c1-9-14(16)13(18-17-9)8-15-5-10-2-11(6-15)4-12(3-10)7-15/h10-12H,2-8H2,1H3,(H,17,18). The Morgan fingerprint density at radius 3 is 2.17 bits per heavy atom. The normalized spacial score (nSPS) is 41.6. The summed E-state index contributed by atoms with van der Waals surface area (Å²) in [7, 11) is 0. The maximum absolute atomic E-state index is 4.56. The summed E-state index contributed by atoms with van der Waals surface area (Å²) in [5, 5.41) is 7.72. The van der Waals surface area contributed by atoms with E-state index in [9.17, 15) is 0 Å². The maximum Gasteiger partial charge on any atom is 0.0763 e. The van der Waals surface area contributed by atoms with E-state index in [1.165, 1.54) is 59.9 Å². The van der Waals surface area contributed by atoms with E-state index in [0.717, 1.165) is 17.8 Å². The second-order valence-electron chi connectivity index (χ2n) is 7.20. The topological polar surface area (TPSA) is 28.7 Å². The minimum Gasteiger partial charge on any atom is -0.281 e. The first-order valence-corrected chi connectivity index (χ1v) is 8.41. The molecule has 4 bridgehead atoms. The molecule has 0 spiro atoms. The lowest BCUT2D eigenvalue weighted by molar-refractivity contribution is -0.0527. The minimum absolute atomic E-state index is 0.621. The predicted octanol–water partition coefficient (Wildman–Crippen LogP) is 4.08. The van der Waals surface area contributed by atoms with Crippen LogP contribution in [0.4, 0.5) is 0 Å². The molecular formula is C15H21IN2. The number of hydrogen-bond acceptors (Lipinski definition) is 1. The van der Waals surface area contributed by atoms with Gasteiger partial charge in [0, 0.05) is 5.69 Å². The lowest BCUT2D eigenvalue weighted by Crippen LogP contribution is -2.47. The van der Waals surface area contributed by atoms with Gasteiger partial charge >= 0.3 is 0 Å². The van der Waals surface area contributed by atoms with E-state index in [1.54, 1.807) is 0 Å². The molecule has 0 atom stereocenters. The second-order valence-corrected chi connectivity index (χ2v) is 8.28. The number of halogens is 1. The fraction of sp³-hybridized carbons (Fsp3) is 0.800. The average Bonchev–Trinajstić information content (AvgIpc) is 2.58. The number of aromatic nitrogens is 2. The summed E-state index contributed by atoms with van der Waals surface area (Å²) in [5.41, 5.74) is 3.21. The van der Waals surface area contributed by atoms with Gasteiger partial charge in [0.2, 0.25) is 0 Å². The van der Waals surface area contributed by atoms with E-state index < -0.39 is 0 Å². The van der Waals surface area contributed by atoms with Gasteiger partial charge in [-0.25, -0.2) is 0 Å². The van der Waals surface area contributed by atoms with E-state index in [1.807, 2.05) is 0 Å². The van der Waals surface area contributed by atoms with Crippen molar-refractivity contribution in [3.63, 3.8) is 0 Å². The zero-order valence-corrected chi connectivity index (χ0v) is 13.2. The highest BCUT2D eigenvalue weighted by Crippen LogP contribution is 2.61. The Hall–Kier alpha value is -0.0600. The first-order valence-electron chi connectivity index (χ1n) is 7.33. The monoisotopic (exact) mass is 356 g/mol. The summed E-state index contributed by atoms with van der Waals surface area (Å²) >= 11 is 2.47. The molecule has 4 saturated carbocycles. The van der Waals surface area contributed by atoms with E-state index in [0.29, 0.717) is 5.41 Å². The van der Waals surface area contributed by atoms with Gasteiger partial charge in [0.1, 0.15) is 0 Å². The molecule has 0 radical (unpaired) electrons. The van der Waals surface area contributed by atoms with Crippen LogP contribution in [-0.2, 0) is 6.42 Å². The lowest BCUT2D eigenvalue weighted by Gasteiger charge is -2.56. The van der Waals surface area contributed by atoms with Crippen molar-refractivity contribution in [3.8, 4) is 0 Å². The molecule has 1 heterocycles. The van der Waals surface area contributed by atoms with Crippen molar-refractivity contribution in [2.75, 3.05) is 0 Å². The summed E-state index contributed by atoms with van der Waals surface area (Å²) in [6.45, 7) is 2.14. The van der Waals surface area contributed by atoms with Gasteiger partial charge in [0.05, 0.1) is 9.26 Å².